The molecule has 1 fully saturated rings. The number of nitrogens with one attached hydrogen (secondary N) is 1. The van der Waals surface area contributed by atoms with Gasteiger partial charge in [0, 0.05) is 11.6 Å². The quantitative estimate of drug-likeness (QED) is 0.767. The second-order valence-electron chi connectivity index (χ2n) is 6.41. The molecule has 1 saturated carbocycles. The number of methoxy groups -OCH3 is 1. The highest BCUT2D eigenvalue weighted by atomic mass is 16.5. The molecule has 1 amide bonds. The zero-order valence-corrected chi connectivity index (χ0v) is 14.6. The second kappa shape index (κ2) is 8.80. The first-order chi connectivity index (χ1) is 11.2. The number of benzene rings is 1. The fourth-order valence-corrected chi connectivity index (χ4v) is 3.04. The molecule has 4 heteroatoms. The van der Waals surface area contributed by atoms with Gasteiger partial charge in [0.05, 0.1) is 13.7 Å². The van der Waals surface area contributed by atoms with Gasteiger partial charge in [0.2, 0.25) is 0 Å². The maximum atomic E-state index is 12.5. The van der Waals surface area contributed by atoms with Crippen LogP contribution in [0.5, 0.6) is 11.5 Å². The van der Waals surface area contributed by atoms with Crippen LogP contribution in [-0.2, 0) is 0 Å². The summed E-state index contributed by atoms with van der Waals surface area (Å²) in [6, 6.07) is 5.69. The maximum Gasteiger partial charge on any atom is 0.251 e. The smallest absolute Gasteiger partial charge is 0.251 e. The average molecular weight is 319 g/mol. The molecule has 1 aromatic carbocycles. The number of hydrogen-bond acceptors (Lipinski definition) is 3. The van der Waals surface area contributed by atoms with Crippen molar-refractivity contribution in [3.05, 3.63) is 23.8 Å². The minimum atomic E-state index is -0.0258. The normalized spacial score (nSPS) is 20.8. The number of unbranched alkanes of at least 4 members (excludes halogenated alkanes) is 1. The molecule has 1 N–H and O–H groups in total. The van der Waals surface area contributed by atoms with E-state index in [9.17, 15) is 4.79 Å². The molecule has 0 bridgehead atoms. The molecule has 0 aromatic heterocycles. The van der Waals surface area contributed by atoms with Crippen molar-refractivity contribution in [3.8, 4) is 11.5 Å². The van der Waals surface area contributed by atoms with Gasteiger partial charge in [-0.1, -0.05) is 33.1 Å². The van der Waals surface area contributed by atoms with Crippen LogP contribution in [0.1, 0.15) is 62.7 Å². The molecule has 0 spiro atoms. The Balaban J connectivity index is 2.02. The van der Waals surface area contributed by atoms with Gasteiger partial charge in [-0.3, -0.25) is 4.79 Å². The molecule has 2 atom stereocenters. The van der Waals surface area contributed by atoms with Crippen LogP contribution in [0, 0.1) is 5.92 Å². The van der Waals surface area contributed by atoms with E-state index in [2.05, 4.69) is 19.2 Å². The van der Waals surface area contributed by atoms with Crippen LogP contribution in [-0.4, -0.2) is 25.7 Å². The lowest BCUT2D eigenvalue weighted by Gasteiger charge is -2.29. The van der Waals surface area contributed by atoms with Gasteiger partial charge in [-0.2, -0.15) is 0 Å². The lowest BCUT2D eigenvalue weighted by molar-refractivity contribution is 0.0910. The van der Waals surface area contributed by atoms with Gasteiger partial charge in [0.25, 0.3) is 5.91 Å². The van der Waals surface area contributed by atoms with Crippen molar-refractivity contribution in [2.24, 2.45) is 5.92 Å². The molecule has 0 unspecified atom stereocenters. The predicted octanol–water partition coefficient (Wildman–Crippen LogP) is 4.18. The van der Waals surface area contributed by atoms with Crippen molar-refractivity contribution < 1.29 is 14.3 Å². The summed E-state index contributed by atoms with van der Waals surface area (Å²) in [5.74, 6) is 1.84. The second-order valence-corrected chi connectivity index (χ2v) is 6.41. The summed E-state index contributed by atoms with van der Waals surface area (Å²) in [5, 5.41) is 3.17. The van der Waals surface area contributed by atoms with E-state index in [1.165, 1.54) is 19.3 Å². The third-order valence-corrected chi connectivity index (χ3v) is 4.61. The van der Waals surface area contributed by atoms with E-state index < -0.39 is 0 Å². The minimum Gasteiger partial charge on any atom is -0.493 e. The summed E-state index contributed by atoms with van der Waals surface area (Å²) < 4.78 is 11.1. The zero-order chi connectivity index (χ0) is 16.7. The Bertz CT molecular complexity index is 515. The molecule has 0 aliphatic heterocycles. The molecular weight excluding hydrogens is 290 g/mol. The first-order valence-corrected chi connectivity index (χ1v) is 8.77. The molecule has 2 rings (SSSR count). The summed E-state index contributed by atoms with van der Waals surface area (Å²) in [7, 11) is 1.60. The fourth-order valence-electron chi connectivity index (χ4n) is 3.04. The molecule has 0 heterocycles. The van der Waals surface area contributed by atoms with Gasteiger partial charge >= 0.3 is 0 Å². The Hall–Kier alpha value is -1.71. The standard InChI is InChI=1S/C19H29NO3/c1-4-5-12-23-17-11-10-15(13-18(17)22-3)19(21)20-16-9-7-6-8-14(16)2/h10-11,13-14,16H,4-9,12H2,1-3H3,(H,20,21)/t14-,16-/m1/s1. The third kappa shape index (κ3) is 4.88. The summed E-state index contributed by atoms with van der Waals surface area (Å²) in [4.78, 5) is 12.5. The molecule has 4 nitrogen and oxygen atoms in total. The molecule has 23 heavy (non-hydrogen) atoms. The maximum absolute atomic E-state index is 12.5. The number of rotatable bonds is 7. The van der Waals surface area contributed by atoms with Crippen LogP contribution in [0.3, 0.4) is 0 Å². The van der Waals surface area contributed by atoms with E-state index in [0.29, 0.717) is 29.6 Å². The van der Waals surface area contributed by atoms with Crippen LogP contribution in [0.2, 0.25) is 0 Å². The van der Waals surface area contributed by atoms with Crippen LogP contribution < -0.4 is 14.8 Å². The van der Waals surface area contributed by atoms with Gasteiger partial charge in [0.1, 0.15) is 0 Å². The highest BCUT2D eigenvalue weighted by Gasteiger charge is 2.23. The van der Waals surface area contributed by atoms with Crippen molar-refractivity contribution >= 4 is 5.91 Å². The van der Waals surface area contributed by atoms with E-state index in [-0.39, 0.29) is 11.9 Å². The van der Waals surface area contributed by atoms with Gasteiger partial charge in [-0.25, -0.2) is 0 Å². The lowest BCUT2D eigenvalue weighted by atomic mass is 9.86. The SMILES string of the molecule is CCCCOc1ccc(C(=O)N[C@@H]2CCCC[C@H]2C)cc1OC. The molecular formula is C19H29NO3. The number of hydrogen-bond donors (Lipinski definition) is 1. The minimum absolute atomic E-state index is 0.0258. The highest BCUT2D eigenvalue weighted by molar-refractivity contribution is 5.95. The van der Waals surface area contributed by atoms with Crippen molar-refractivity contribution in [3.63, 3.8) is 0 Å². The molecule has 0 radical (unpaired) electrons. The van der Waals surface area contributed by atoms with Crippen molar-refractivity contribution in [2.45, 2.75) is 58.4 Å². The average Bonchev–Trinajstić information content (AvgIpc) is 2.57. The number of carbonyl (C=O) groups is 1. The Morgan fingerprint density at radius 3 is 2.74 bits per heavy atom. The molecule has 128 valence electrons. The molecule has 0 saturated heterocycles. The van der Waals surface area contributed by atoms with Crippen LogP contribution >= 0.6 is 0 Å². The van der Waals surface area contributed by atoms with Crippen LogP contribution in [0.4, 0.5) is 0 Å². The number of ether oxygens (including phenoxy) is 2. The number of carbonyl (C=O) groups excluding carboxylic acids is 1. The summed E-state index contributed by atoms with van der Waals surface area (Å²) in [5.41, 5.74) is 0.627. The monoisotopic (exact) mass is 319 g/mol. The van der Waals surface area contributed by atoms with Crippen molar-refractivity contribution in [2.75, 3.05) is 13.7 Å². The molecule has 1 aliphatic rings. The topological polar surface area (TPSA) is 47.6 Å². The van der Waals surface area contributed by atoms with E-state index >= 15 is 0 Å². The largest absolute Gasteiger partial charge is 0.493 e. The first-order valence-electron chi connectivity index (χ1n) is 8.77. The van der Waals surface area contributed by atoms with E-state index in [0.717, 1.165) is 19.3 Å². The molecule has 1 aliphatic carbocycles. The van der Waals surface area contributed by atoms with Crippen LogP contribution in [0.15, 0.2) is 18.2 Å². The summed E-state index contributed by atoms with van der Waals surface area (Å²) in [6.45, 7) is 5.01. The van der Waals surface area contributed by atoms with E-state index in [1.807, 2.05) is 12.1 Å². The Kier molecular flexibility index (Phi) is 6.75. The van der Waals surface area contributed by atoms with Gasteiger partial charge in [-0.05, 0) is 43.4 Å². The lowest BCUT2D eigenvalue weighted by Crippen LogP contribution is -2.41. The first kappa shape index (κ1) is 17.6. The molecule has 1 aromatic rings. The highest BCUT2D eigenvalue weighted by Crippen LogP contribution is 2.29. The van der Waals surface area contributed by atoms with Crippen molar-refractivity contribution in [1.29, 1.82) is 0 Å². The fraction of sp³-hybridized carbons (Fsp3) is 0.632. The van der Waals surface area contributed by atoms with Gasteiger partial charge in [0.15, 0.2) is 11.5 Å². The zero-order valence-electron chi connectivity index (χ0n) is 14.6. The summed E-state index contributed by atoms with van der Waals surface area (Å²) >= 11 is 0. The van der Waals surface area contributed by atoms with Crippen molar-refractivity contribution in [1.82, 2.24) is 5.32 Å². The number of amides is 1. The third-order valence-electron chi connectivity index (χ3n) is 4.61. The Labute approximate surface area is 139 Å². The van der Waals surface area contributed by atoms with Gasteiger partial charge in [-0.15, -0.1) is 0 Å². The Morgan fingerprint density at radius 1 is 1.26 bits per heavy atom. The van der Waals surface area contributed by atoms with E-state index in [1.54, 1.807) is 13.2 Å². The predicted molar refractivity (Wildman–Crippen MR) is 92.3 cm³/mol. The van der Waals surface area contributed by atoms with E-state index in [4.69, 9.17) is 9.47 Å². The Morgan fingerprint density at radius 2 is 2.04 bits per heavy atom. The summed E-state index contributed by atoms with van der Waals surface area (Å²) in [6.07, 6.45) is 6.82. The van der Waals surface area contributed by atoms with Gasteiger partial charge < -0.3 is 14.8 Å². The van der Waals surface area contributed by atoms with Crippen LogP contribution in [0.25, 0.3) is 0 Å².